The first-order valence-corrected chi connectivity index (χ1v) is 10.7. The second kappa shape index (κ2) is 9.02. The van der Waals surface area contributed by atoms with Crippen LogP contribution in [0.5, 0.6) is 23.1 Å². The number of rotatable bonds is 6. The van der Waals surface area contributed by atoms with Crippen molar-refractivity contribution in [2.75, 3.05) is 7.11 Å². The number of aryl methyl sites for hydroxylation is 1. The van der Waals surface area contributed by atoms with E-state index in [2.05, 4.69) is 0 Å². The first-order chi connectivity index (χ1) is 16.2. The average Bonchev–Trinajstić information content (AvgIpc) is 2.80. The predicted molar refractivity (Wildman–Crippen MR) is 128 cm³/mol. The van der Waals surface area contributed by atoms with Crippen LogP contribution >= 0.6 is 0 Å². The third kappa shape index (κ3) is 4.24. The van der Waals surface area contributed by atoms with Crippen LogP contribution in [0, 0.1) is 12.7 Å². The van der Waals surface area contributed by atoms with Gasteiger partial charge in [0.25, 0.3) is 0 Å². The van der Waals surface area contributed by atoms with Crippen LogP contribution in [0.25, 0.3) is 21.9 Å². The Morgan fingerprint density at radius 1 is 1.00 bits per heavy atom. The summed E-state index contributed by atoms with van der Waals surface area (Å²) in [6, 6.07) is 14.1. The number of carboxylic acid groups (broad SMARTS) is 1. The van der Waals surface area contributed by atoms with Gasteiger partial charge >= 0.3 is 5.97 Å². The number of methoxy groups -OCH3 is 1. The molecule has 0 aliphatic heterocycles. The Morgan fingerprint density at radius 3 is 2.41 bits per heavy atom. The van der Waals surface area contributed by atoms with E-state index in [4.69, 9.17) is 14.5 Å². The molecule has 2 N–H and O–H groups in total. The van der Waals surface area contributed by atoms with Crippen LogP contribution in [0.2, 0.25) is 0 Å². The number of fused-ring (bicyclic) bond motifs is 1. The van der Waals surface area contributed by atoms with Crippen molar-refractivity contribution in [3.8, 4) is 34.3 Å². The number of hydrogen-bond donors (Lipinski definition) is 2. The molecule has 0 aliphatic carbocycles. The van der Waals surface area contributed by atoms with Crippen molar-refractivity contribution in [1.82, 2.24) is 4.98 Å². The van der Waals surface area contributed by atoms with E-state index in [1.165, 1.54) is 31.4 Å². The highest BCUT2D eigenvalue weighted by molar-refractivity contribution is 6.01. The van der Waals surface area contributed by atoms with Gasteiger partial charge in [-0.05, 0) is 77.9 Å². The van der Waals surface area contributed by atoms with E-state index in [0.717, 1.165) is 22.2 Å². The molecule has 4 rings (SSSR count). The van der Waals surface area contributed by atoms with Crippen molar-refractivity contribution in [3.05, 3.63) is 77.2 Å². The average molecular weight is 461 g/mol. The van der Waals surface area contributed by atoms with Crippen molar-refractivity contribution in [3.63, 3.8) is 0 Å². The zero-order valence-corrected chi connectivity index (χ0v) is 19.2. The van der Waals surface area contributed by atoms with E-state index in [-0.39, 0.29) is 40.4 Å². The lowest BCUT2D eigenvalue weighted by atomic mass is 9.92. The van der Waals surface area contributed by atoms with Crippen molar-refractivity contribution < 1.29 is 28.9 Å². The van der Waals surface area contributed by atoms with Crippen LogP contribution < -0.4 is 9.47 Å². The molecule has 0 fully saturated rings. The summed E-state index contributed by atoms with van der Waals surface area (Å²) in [7, 11) is 1.42. The van der Waals surface area contributed by atoms with Gasteiger partial charge in [-0.25, -0.2) is 14.2 Å². The maximum Gasteiger partial charge on any atom is 0.335 e. The number of carbonyl (C=O) groups is 1. The fourth-order valence-electron chi connectivity index (χ4n) is 3.88. The van der Waals surface area contributed by atoms with E-state index in [0.29, 0.717) is 10.9 Å². The molecule has 4 aromatic rings. The second-order valence-electron chi connectivity index (χ2n) is 8.30. The lowest BCUT2D eigenvalue weighted by Gasteiger charge is -2.19. The van der Waals surface area contributed by atoms with Gasteiger partial charge in [-0.15, -0.1) is 0 Å². The van der Waals surface area contributed by atoms with Gasteiger partial charge in [-0.2, -0.15) is 0 Å². The fraction of sp³-hybridized carbons (Fsp3) is 0.185. The molecule has 3 aromatic carbocycles. The lowest BCUT2D eigenvalue weighted by Crippen LogP contribution is -2.03. The third-order valence-corrected chi connectivity index (χ3v) is 5.59. The highest BCUT2D eigenvalue weighted by atomic mass is 19.1. The van der Waals surface area contributed by atoms with Gasteiger partial charge in [0.15, 0.2) is 11.5 Å². The first kappa shape index (κ1) is 23.0. The molecule has 0 radical (unpaired) electrons. The number of aromatic carboxylic acids is 1. The Labute approximate surface area is 196 Å². The summed E-state index contributed by atoms with van der Waals surface area (Å²) < 4.78 is 25.4. The number of hydrogen-bond acceptors (Lipinski definition) is 5. The number of phenols is 1. The van der Waals surface area contributed by atoms with Crippen molar-refractivity contribution in [2.45, 2.75) is 26.7 Å². The van der Waals surface area contributed by atoms with Crippen molar-refractivity contribution in [1.29, 1.82) is 0 Å². The smallest absolute Gasteiger partial charge is 0.335 e. The molecule has 0 unspecified atom stereocenters. The van der Waals surface area contributed by atoms with Crippen molar-refractivity contribution in [2.24, 2.45) is 0 Å². The molecular weight excluding hydrogens is 437 g/mol. The Morgan fingerprint density at radius 2 is 1.76 bits per heavy atom. The number of pyridine rings is 1. The number of phenolic OH excluding ortho intramolecular Hbond substituents is 1. The van der Waals surface area contributed by atoms with Gasteiger partial charge in [0.1, 0.15) is 11.6 Å². The molecule has 0 aliphatic rings. The Kier molecular flexibility index (Phi) is 6.11. The summed E-state index contributed by atoms with van der Waals surface area (Å²) in [4.78, 5) is 16.1. The maximum atomic E-state index is 14.0. The number of nitrogens with zero attached hydrogens (tertiary/aromatic N) is 1. The molecule has 7 heteroatoms. The molecule has 0 amide bonds. The van der Waals surface area contributed by atoms with Gasteiger partial charge in [-0.1, -0.05) is 19.9 Å². The van der Waals surface area contributed by atoms with Crippen LogP contribution in [0.4, 0.5) is 4.39 Å². The van der Waals surface area contributed by atoms with E-state index >= 15 is 0 Å². The minimum atomic E-state index is -1.08. The number of ether oxygens (including phenoxy) is 2. The molecule has 34 heavy (non-hydrogen) atoms. The summed E-state index contributed by atoms with van der Waals surface area (Å²) in [5.74, 6) is -0.591. The standard InChI is InChI=1S/C27H24FNO5/c1-14(2)25-24(16-5-9-21(28)15(3)11-16)19-8-7-18(30)13-20(19)26(29-25)34-22-10-6-17(27(31)32)12-23(22)33-4/h5-14,30H,1-4H3,(H,31,32). The Hall–Kier alpha value is -4.13. The van der Waals surface area contributed by atoms with E-state index in [1.54, 1.807) is 37.3 Å². The number of benzene rings is 3. The van der Waals surface area contributed by atoms with Crippen LogP contribution in [-0.2, 0) is 0 Å². The van der Waals surface area contributed by atoms with Gasteiger partial charge in [-0.3, -0.25) is 0 Å². The minimum Gasteiger partial charge on any atom is -0.508 e. The van der Waals surface area contributed by atoms with Crippen molar-refractivity contribution >= 4 is 16.7 Å². The van der Waals surface area contributed by atoms with E-state index in [9.17, 15) is 19.4 Å². The molecule has 0 bridgehead atoms. The van der Waals surface area contributed by atoms with E-state index in [1.807, 2.05) is 13.8 Å². The molecule has 0 saturated carbocycles. The highest BCUT2D eigenvalue weighted by Crippen LogP contribution is 2.42. The lowest BCUT2D eigenvalue weighted by molar-refractivity contribution is 0.0696. The largest absolute Gasteiger partial charge is 0.508 e. The van der Waals surface area contributed by atoms with Gasteiger partial charge < -0.3 is 19.7 Å². The quantitative estimate of drug-likeness (QED) is 0.333. The van der Waals surface area contributed by atoms with Crippen LogP contribution in [0.1, 0.15) is 41.4 Å². The van der Waals surface area contributed by atoms with Gasteiger partial charge in [0.05, 0.1) is 18.4 Å². The summed E-state index contributed by atoms with van der Waals surface area (Å²) in [5, 5.41) is 20.8. The SMILES string of the molecule is COc1cc(C(=O)O)ccc1Oc1nc(C(C)C)c(-c2ccc(F)c(C)c2)c2ccc(O)cc12. The topological polar surface area (TPSA) is 88.9 Å². The van der Waals surface area contributed by atoms with Gasteiger partial charge in [0.2, 0.25) is 5.88 Å². The van der Waals surface area contributed by atoms with Crippen LogP contribution in [0.3, 0.4) is 0 Å². The summed E-state index contributed by atoms with van der Waals surface area (Å²) in [6.45, 7) is 5.71. The summed E-state index contributed by atoms with van der Waals surface area (Å²) >= 11 is 0. The van der Waals surface area contributed by atoms with Crippen LogP contribution in [-0.4, -0.2) is 28.3 Å². The fourth-order valence-corrected chi connectivity index (χ4v) is 3.88. The predicted octanol–water partition coefficient (Wildman–Crippen LogP) is 6.68. The zero-order chi connectivity index (χ0) is 24.6. The molecule has 1 aromatic heterocycles. The monoisotopic (exact) mass is 461 g/mol. The molecular formula is C27H24FNO5. The number of carboxylic acids is 1. The third-order valence-electron chi connectivity index (χ3n) is 5.59. The molecule has 0 atom stereocenters. The first-order valence-electron chi connectivity index (χ1n) is 10.7. The van der Waals surface area contributed by atoms with Gasteiger partial charge in [0, 0.05) is 10.9 Å². The normalized spacial score (nSPS) is 11.1. The number of aromatic hydroxyl groups is 1. The molecule has 1 heterocycles. The van der Waals surface area contributed by atoms with E-state index < -0.39 is 5.97 Å². The second-order valence-corrected chi connectivity index (χ2v) is 8.30. The Balaban J connectivity index is 1.97. The van der Waals surface area contributed by atoms with Crippen LogP contribution in [0.15, 0.2) is 54.6 Å². The summed E-state index contributed by atoms with van der Waals surface area (Å²) in [6.07, 6.45) is 0. The Bertz CT molecular complexity index is 1410. The molecule has 0 saturated heterocycles. The molecule has 174 valence electrons. The zero-order valence-electron chi connectivity index (χ0n) is 19.2. The summed E-state index contributed by atoms with van der Waals surface area (Å²) in [5.41, 5.74) is 2.95. The number of halogens is 1. The number of aromatic nitrogens is 1. The molecule has 6 nitrogen and oxygen atoms in total. The minimum absolute atomic E-state index is 0.00260. The highest BCUT2D eigenvalue weighted by Gasteiger charge is 2.21. The maximum absolute atomic E-state index is 14.0. The molecule has 0 spiro atoms.